The number of carbonyl (C=O) groups is 1. The van der Waals surface area contributed by atoms with Crippen molar-refractivity contribution in [1.82, 2.24) is 0 Å². The lowest BCUT2D eigenvalue weighted by molar-refractivity contribution is 0.0600. The molecule has 1 saturated heterocycles. The summed E-state index contributed by atoms with van der Waals surface area (Å²) in [7, 11) is 3.43. The lowest BCUT2D eigenvalue weighted by Crippen LogP contribution is -2.27. The average Bonchev–Trinajstić information content (AvgIpc) is 3.12. The summed E-state index contributed by atoms with van der Waals surface area (Å²) in [5, 5.41) is 9.88. The van der Waals surface area contributed by atoms with Gasteiger partial charge in [-0.1, -0.05) is 18.2 Å². The number of methoxy groups -OCH3 is 1. The van der Waals surface area contributed by atoms with E-state index in [4.69, 9.17) is 4.74 Å². The van der Waals surface area contributed by atoms with E-state index in [-0.39, 0.29) is 18.1 Å². The van der Waals surface area contributed by atoms with Gasteiger partial charge in [-0.05, 0) is 49.2 Å². The Bertz CT molecular complexity index is 760. The van der Waals surface area contributed by atoms with Gasteiger partial charge >= 0.3 is 5.97 Å². The molecule has 0 amide bonds. The molecule has 0 aliphatic carbocycles. The fourth-order valence-electron chi connectivity index (χ4n) is 3.47. The molecule has 1 N–H and O–H groups in total. The highest BCUT2D eigenvalue weighted by Crippen LogP contribution is 2.33. The number of ether oxygens (including phenoxy) is 1. The predicted octanol–water partition coefficient (Wildman–Crippen LogP) is 3.24. The number of benzene rings is 2. The lowest BCUT2D eigenvalue weighted by Gasteiger charge is -2.31. The fourth-order valence-corrected chi connectivity index (χ4v) is 3.47. The van der Waals surface area contributed by atoms with Gasteiger partial charge in [0.15, 0.2) is 0 Å². The van der Waals surface area contributed by atoms with Crippen LogP contribution in [0, 0.1) is 0 Å². The van der Waals surface area contributed by atoms with E-state index in [1.54, 1.807) is 12.1 Å². The quantitative estimate of drug-likeness (QED) is 0.836. The molecular formula is C21H26N2O3. The van der Waals surface area contributed by atoms with Crippen molar-refractivity contribution in [2.24, 2.45) is 0 Å². The number of hydrogen-bond donors (Lipinski definition) is 1. The summed E-state index contributed by atoms with van der Waals surface area (Å²) in [4.78, 5) is 16.0. The number of carbonyl (C=O) groups excluding carboxylic acids is 1. The Kier molecular flexibility index (Phi) is 5.47. The Labute approximate surface area is 154 Å². The molecule has 0 saturated carbocycles. The summed E-state index contributed by atoms with van der Waals surface area (Å²) < 4.78 is 4.76. The second-order valence-corrected chi connectivity index (χ2v) is 6.77. The fraction of sp³-hybridized carbons (Fsp3) is 0.381. The minimum absolute atomic E-state index is 0.146. The molecule has 0 aromatic heterocycles. The zero-order valence-corrected chi connectivity index (χ0v) is 15.6. The van der Waals surface area contributed by atoms with Crippen molar-refractivity contribution in [3.05, 3.63) is 59.7 Å². The normalized spacial score (nSPS) is 17.8. The number of aliphatic hydroxyl groups is 1. The van der Waals surface area contributed by atoms with Crippen LogP contribution in [0.4, 0.5) is 11.4 Å². The highest BCUT2D eigenvalue weighted by atomic mass is 16.5. The number of hydrogen-bond acceptors (Lipinski definition) is 5. The van der Waals surface area contributed by atoms with Gasteiger partial charge in [0.05, 0.1) is 24.8 Å². The van der Waals surface area contributed by atoms with Crippen molar-refractivity contribution in [1.29, 1.82) is 0 Å². The maximum Gasteiger partial charge on any atom is 0.337 e. The third kappa shape index (κ3) is 3.68. The maximum absolute atomic E-state index is 11.6. The Morgan fingerprint density at radius 1 is 1.23 bits per heavy atom. The molecular weight excluding hydrogens is 328 g/mol. The Morgan fingerprint density at radius 3 is 2.54 bits per heavy atom. The molecule has 138 valence electrons. The first-order chi connectivity index (χ1) is 12.5. The minimum atomic E-state index is -0.329. The molecule has 1 aliphatic rings. The van der Waals surface area contributed by atoms with Gasteiger partial charge in [0.25, 0.3) is 0 Å². The van der Waals surface area contributed by atoms with Crippen LogP contribution >= 0.6 is 0 Å². The molecule has 0 spiro atoms. The van der Waals surface area contributed by atoms with Crippen LogP contribution in [-0.2, 0) is 4.74 Å². The van der Waals surface area contributed by atoms with E-state index in [1.807, 2.05) is 25.2 Å². The summed E-state index contributed by atoms with van der Waals surface area (Å²) in [5.74, 6) is -0.329. The van der Waals surface area contributed by atoms with Crippen LogP contribution in [0.1, 0.15) is 35.3 Å². The standard InChI is InChI=1S/C21H26N2O3/c1-15(22(2)17-10-8-16(9-11-17)21(25)26-3)19-6-4-5-7-20(19)23-13-12-18(24)14-23/h4-11,15,18,24H,12-14H2,1-3H3/t15?,18-/m0/s1. The Hall–Kier alpha value is -2.53. The van der Waals surface area contributed by atoms with E-state index >= 15 is 0 Å². The molecule has 1 heterocycles. The molecule has 0 bridgehead atoms. The predicted molar refractivity (Wildman–Crippen MR) is 104 cm³/mol. The molecule has 3 rings (SSSR count). The number of β-amino-alcohol motifs (C(OH)–C–C–N with tert-alkyl or cyclic N) is 1. The summed E-state index contributed by atoms with van der Waals surface area (Å²) in [6.07, 6.45) is 0.565. The van der Waals surface area contributed by atoms with Gasteiger partial charge in [0.1, 0.15) is 0 Å². The van der Waals surface area contributed by atoms with Crippen LogP contribution in [0.5, 0.6) is 0 Å². The third-order valence-electron chi connectivity index (χ3n) is 5.17. The average molecular weight is 354 g/mol. The van der Waals surface area contributed by atoms with Crippen LogP contribution < -0.4 is 9.80 Å². The highest BCUT2D eigenvalue weighted by Gasteiger charge is 2.24. The van der Waals surface area contributed by atoms with Crippen LogP contribution in [0.25, 0.3) is 0 Å². The molecule has 2 atom stereocenters. The lowest BCUT2D eigenvalue weighted by atomic mass is 10.0. The van der Waals surface area contributed by atoms with Gasteiger partial charge in [-0.15, -0.1) is 0 Å². The summed E-state index contributed by atoms with van der Waals surface area (Å²) >= 11 is 0. The summed E-state index contributed by atoms with van der Waals surface area (Å²) in [6, 6.07) is 15.9. The van der Waals surface area contributed by atoms with Crippen LogP contribution in [0.2, 0.25) is 0 Å². The molecule has 2 aromatic carbocycles. The largest absolute Gasteiger partial charge is 0.465 e. The zero-order chi connectivity index (χ0) is 18.7. The number of anilines is 2. The topological polar surface area (TPSA) is 53.0 Å². The van der Waals surface area contributed by atoms with Gasteiger partial charge in [0.2, 0.25) is 0 Å². The van der Waals surface area contributed by atoms with Crippen molar-refractivity contribution in [2.45, 2.75) is 25.5 Å². The molecule has 1 aliphatic heterocycles. The van der Waals surface area contributed by atoms with E-state index in [9.17, 15) is 9.90 Å². The molecule has 5 nitrogen and oxygen atoms in total. The van der Waals surface area contributed by atoms with E-state index in [0.29, 0.717) is 12.1 Å². The van der Waals surface area contributed by atoms with Crippen molar-refractivity contribution in [3.63, 3.8) is 0 Å². The van der Waals surface area contributed by atoms with Crippen molar-refractivity contribution >= 4 is 17.3 Å². The molecule has 1 fully saturated rings. The molecule has 2 aromatic rings. The smallest absolute Gasteiger partial charge is 0.337 e. The third-order valence-corrected chi connectivity index (χ3v) is 5.17. The first kappa shape index (κ1) is 18.3. The monoisotopic (exact) mass is 354 g/mol. The van der Waals surface area contributed by atoms with Crippen LogP contribution in [0.15, 0.2) is 48.5 Å². The van der Waals surface area contributed by atoms with Gasteiger partial charge in [-0.2, -0.15) is 0 Å². The van der Waals surface area contributed by atoms with Crippen LogP contribution in [-0.4, -0.2) is 44.4 Å². The zero-order valence-electron chi connectivity index (χ0n) is 15.6. The van der Waals surface area contributed by atoms with E-state index in [2.05, 4.69) is 34.9 Å². The van der Waals surface area contributed by atoms with Crippen molar-refractivity contribution in [2.75, 3.05) is 37.0 Å². The van der Waals surface area contributed by atoms with Crippen molar-refractivity contribution in [3.8, 4) is 0 Å². The first-order valence-electron chi connectivity index (χ1n) is 8.94. The maximum atomic E-state index is 11.6. The molecule has 1 unspecified atom stereocenters. The number of esters is 1. The highest BCUT2D eigenvalue weighted by molar-refractivity contribution is 5.89. The molecule has 0 radical (unpaired) electrons. The van der Waals surface area contributed by atoms with Crippen LogP contribution in [0.3, 0.4) is 0 Å². The van der Waals surface area contributed by atoms with Crippen molar-refractivity contribution < 1.29 is 14.6 Å². The van der Waals surface area contributed by atoms with Gasteiger partial charge in [-0.3, -0.25) is 0 Å². The first-order valence-corrected chi connectivity index (χ1v) is 8.94. The second kappa shape index (κ2) is 7.79. The SMILES string of the molecule is COC(=O)c1ccc(N(C)C(C)c2ccccc2N2CC[C@H](O)C2)cc1. The van der Waals surface area contributed by atoms with Gasteiger partial charge in [0, 0.05) is 31.5 Å². The molecule has 26 heavy (non-hydrogen) atoms. The number of aliphatic hydroxyl groups excluding tert-OH is 1. The summed E-state index contributed by atoms with van der Waals surface area (Å²) in [5.41, 5.74) is 3.97. The minimum Gasteiger partial charge on any atom is -0.465 e. The van der Waals surface area contributed by atoms with E-state index < -0.39 is 0 Å². The summed E-state index contributed by atoms with van der Waals surface area (Å²) in [6.45, 7) is 3.73. The van der Waals surface area contributed by atoms with Gasteiger partial charge in [-0.25, -0.2) is 4.79 Å². The van der Waals surface area contributed by atoms with Gasteiger partial charge < -0.3 is 19.6 Å². The van der Waals surface area contributed by atoms with E-state index in [0.717, 1.165) is 18.7 Å². The Morgan fingerprint density at radius 2 is 1.92 bits per heavy atom. The number of nitrogens with zero attached hydrogens (tertiary/aromatic N) is 2. The van der Waals surface area contributed by atoms with E-state index in [1.165, 1.54) is 18.4 Å². The number of rotatable bonds is 5. The number of para-hydroxylation sites is 1. The second-order valence-electron chi connectivity index (χ2n) is 6.77. The molecule has 5 heteroatoms. The Balaban J connectivity index is 1.82.